The van der Waals surface area contributed by atoms with Gasteiger partial charge in [0.15, 0.2) is 0 Å². The minimum Gasteiger partial charge on any atom is -0.496 e. The third-order valence-corrected chi connectivity index (χ3v) is 2.33. The van der Waals surface area contributed by atoms with Crippen LogP contribution in [0, 0.1) is 0 Å². The smallest absolute Gasteiger partial charge is 0.122 e. The Morgan fingerprint density at radius 3 is 2.71 bits per heavy atom. The van der Waals surface area contributed by atoms with Gasteiger partial charge in [0.05, 0.1) is 7.11 Å². The van der Waals surface area contributed by atoms with Crippen LogP contribution in [0.2, 0.25) is 0 Å². The van der Waals surface area contributed by atoms with Crippen molar-refractivity contribution in [2.75, 3.05) is 13.7 Å². The maximum absolute atomic E-state index is 12.4. The Labute approximate surface area is 83.9 Å². The molecule has 2 nitrogen and oxygen atoms in total. The number of nitrogens with two attached hydrogens (primary N) is 1. The number of hydrogen-bond donors (Lipinski definition) is 1. The van der Waals surface area contributed by atoms with Crippen molar-refractivity contribution in [1.29, 1.82) is 0 Å². The Morgan fingerprint density at radius 2 is 2.21 bits per heavy atom. The van der Waals surface area contributed by atoms with Crippen LogP contribution in [0.15, 0.2) is 18.2 Å². The second-order valence-corrected chi connectivity index (χ2v) is 3.35. The Hall–Kier alpha value is -1.09. The summed E-state index contributed by atoms with van der Waals surface area (Å²) in [5.74, 6) is 0.969. The van der Waals surface area contributed by atoms with Crippen molar-refractivity contribution in [2.24, 2.45) is 5.73 Å². The summed E-state index contributed by atoms with van der Waals surface area (Å²) in [5, 5.41) is 0. The van der Waals surface area contributed by atoms with Gasteiger partial charge in [0.25, 0.3) is 0 Å². The van der Waals surface area contributed by atoms with Gasteiger partial charge >= 0.3 is 0 Å². The van der Waals surface area contributed by atoms with Gasteiger partial charge in [-0.1, -0.05) is 13.0 Å². The van der Waals surface area contributed by atoms with Crippen molar-refractivity contribution < 1.29 is 9.13 Å². The molecule has 0 aliphatic rings. The molecule has 0 saturated carbocycles. The molecule has 3 heteroatoms. The van der Waals surface area contributed by atoms with Crippen LogP contribution in [-0.4, -0.2) is 13.7 Å². The molecule has 1 aromatic rings. The second kappa shape index (κ2) is 4.96. The first-order chi connectivity index (χ1) is 6.72. The van der Waals surface area contributed by atoms with Gasteiger partial charge in [-0.05, 0) is 35.7 Å². The first-order valence-corrected chi connectivity index (χ1v) is 4.65. The van der Waals surface area contributed by atoms with Crippen LogP contribution in [0.4, 0.5) is 4.39 Å². The van der Waals surface area contributed by atoms with Crippen molar-refractivity contribution in [1.82, 2.24) is 0 Å². The highest BCUT2D eigenvalue weighted by Gasteiger charge is 2.10. The van der Waals surface area contributed by atoms with Gasteiger partial charge < -0.3 is 10.5 Å². The van der Waals surface area contributed by atoms with E-state index in [-0.39, 0.29) is 5.92 Å². The maximum atomic E-state index is 12.4. The lowest BCUT2D eigenvalue weighted by Gasteiger charge is -2.14. The summed E-state index contributed by atoms with van der Waals surface area (Å²) < 4.78 is 17.6. The van der Waals surface area contributed by atoms with Crippen LogP contribution in [0.5, 0.6) is 5.75 Å². The van der Waals surface area contributed by atoms with E-state index in [1.165, 1.54) is 0 Å². The molecule has 0 radical (unpaired) electrons. The molecule has 2 N–H and O–H groups in total. The zero-order chi connectivity index (χ0) is 10.6. The average molecular weight is 197 g/mol. The van der Waals surface area contributed by atoms with E-state index in [9.17, 15) is 4.39 Å². The van der Waals surface area contributed by atoms with E-state index in [0.29, 0.717) is 12.1 Å². The van der Waals surface area contributed by atoms with Gasteiger partial charge in [0, 0.05) is 0 Å². The molecule has 78 valence electrons. The lowest BCUT2D eigenvalue weighted by atomic mass is 9.98. The zero-order valence-electron chi connectivity index (χ0n) is 8.59. The zero-order valence-corrected chi connectivity index (χ0v) is 8.59. The predicted molar refractivity (Wildman–Crippen MR) is 55.3 cm³/mol. The normalized spacial score (nSPS) is 12.6. The summed E-state index contributed by atoms with van der Waals surface area (Å²) in [6.45, 7) is 2.08. The van der Waals surface area contributed by atoms with Gasteiger partial charge in [-0.3, -0.25) is 0 Å². The Morgan fingerprint density at radius 1 is 1.50 bits per heavy atom. The molecule has 0 saturated heterocycles. The fraction of sp³-hybridized carbons (Fsp3) is 0.455. The summed E-state index contributed by atoms with van der Waals surface area (Å²) in [5.41, 5.74) is 7.21. The molecule has 14 heavy (non-hydrogen) atoms. The van der Waals surface area contributed by atoms with E-state index in [1.807, 2.05) is 13.0 Å². The predicted octanol–water partition coefficient (Wildman–Crippen LogP) is 2.23. The molecule has 0 aromatic heterocycles. The van der Waals surface area contributed by atoms with Crippen LogP contribution < -0.4 is 10.5 Å². The highest BCUT2D eigenvalue weighted by atomic mass is 19.1. The number of halogens is 1. The Kier molecular flexibility index (Phi) is 3.89. The van der Waals surface area contributed by atoms with E-state index >= 15 is 0 Å². The molecule has 0 fully saturated rings. The first-order valence-electron chi connectivity index (χ1n) is 4.65. The highest BCUT2D eigenvalue weighted by molar-refractivity contribution is 5.39. The molecule has 0 heterocycles. The molecule has 1 atom stereocenters. The molecular weight excluding hydrogens is 181 g/mol. The van der Waals surface area contributed by atoms with E-state index < -0.39 is 6.67 Å². The number of methoxy groups -OCH3 is 1. The molecule has 1 aromatic carbocycles. The molecule has 0 bridgehead atoms. The van der Waals surface area contributed by atoms with Crippen LogP contribution in [0.25, 0.3) is 0 Å². The van der Waals surface area contributed by atoms with E-state index in [4.69, 9.17) is 10.5 Å². The summed E-state index contributed by atoms with van der Waals surface area (Å²) >= 11 is 0. The van der Waals surface area contributed by atoms with Gasteiger partial charge in [-0.15, -0.1) is 0 Å². The quantitative estimate of drug-likeness (QED) is 0.803. The Balaban J connectivity index is 3.08. The topological polar surface area (TPSA) is 35.2 Å². The van der Waals surface area contributed by atoms with E-state index in [1.54, 1.807) is 19.2 Å². The fourth-order valence-electron chi connectivity index (χ4n) is 1.38. The third kappa shape index (κ3) is 2.23. The monoisotopic (exact) mass is 197 g/mol. The Bertz CT molecular complexity index is 301. The lowest BCUT2D eigenvalue weighted by molar-refractivity contribution is 0.405. The molecule has 0 spiro atoms. The van der Waals surface area contributed by atoms with Crippen molar-refractivity contribution in [3.8, 4) is 5.75 Å². The summed E-state index contributed by atoms with van der Waals surface area (Å²) in [6.07, 6.45) is 0. The van der Waals surface area contributed by atoms with Gasteiger partial charge in [-0.25, -0.2) is 4.39 Å². The minimum atomic E-state index is -0.450. The molecule has 0 aliphatic heterocycles. The van der Waals surface area contributed by atoms with Crippen molar-refractivity contribution in [2.45, 2.75) is 19.5 Å². The van der Waals surface area contributed by atoms with Gasteiger partial charge in [0.1, 0.15) is 12.4 Å². The van der Waals surface area contributed by atoms with Crippen LogP contribution in [0.1, 0.15) is 24.0 Å². The third-order valence-electron chi connectivity index (χ3n) is 2.33. The summed E-state index contributed by atoms with van der Waals surface area (Å²) in [4.78, 5) is 0. The largest absolute Gasteiger partial charge is 0.496 e. The minimum absolute atomic E-state index is 0.191. The maximum Gasteiger partial charge on any atom is 0.122 e. The number of benzene rings is 1. The molecular formula is C11H16FNO. The standard InChI is InChI=1S/C11H16FNO/c1-8(7-13)10-5-9(6-12)3-4-11(10)14-2/h3-5,8H,6-7,13H2,1-2H3. The fourth-order valence-corrected chi connectivity index (χ4v) is 1.38. The first kappa shape index (κ1) is 11.0. The van der Waals surface area contributed by atoms with E-state index in [2.05, 4.69) is 0 Å². The number of rotatable bonds is 4. The summed E-state index contributed by atoms with van der Waals surface area (Å²) in [6, 6.07) is 5.33. The van der Waals surface area contributed by atoms with Gasteiger partial charge in [0.2, 0.25) is 0 Å². The summed E-state index contributed by atoms with van der Waals surface area (Å²) in [7, 11) is 1.61. The SMILES string of the molecule is COc1ccc(CF)cc1C(C)CN. The van der Waals surface area contributed by atoms with Crippen molar-refractivity contribution >= 4 is 0 Å². The number of hydrogen-bond acceptors (Lipinski definition) is 2. The lowest BCUT2D eigenvalue weighted by Crippen LogP contribution is -2.10. The molecule has 0 aliphatic carbocycles. The van der Waals surface area contributed by atoms with Gasteiger partial charge in [-0.2, -0.15) is 0 Å². The number of ether oxygens (including phenoxy) is 1. The van der Waals surface area contributed by atoms with Crippen molar-refractivity contribution in [3.05, 3.63) is 29.3 Å². The van der Waals surface area contributed by atoms with E-state index in [0.717, 1.165) is 11.3 Å². The van der Waals surface area contributed by atoms with Crippen molar-refractivity contribution in [3.63, 3.8) is 0 Å². The number of alkyl halides is 1. The second-order valence-electron chi connectivity index (χ2n) is 3.35. The highest BCUT2D eigenvalue weighted by Crippen LogP contribution is 2.27. The molecule has 0 amide bonds. The van der Waals surface area contributed by atoms with Crippen LogP contribution in [-0.2, 0) is 6.67 Å². The average Bonchev–Trinajstić information content (AvgIpc) is 2.27. The van der Waals surface area contributed by atoms with Crippen LogP contribution in [0.3, 0.4) is 0 Å². The molecule has 1 rings (SSSR count). The van der Waals surface area contributed by atoms with Crippen LogP contribution >= 0.6 is 0 Å². The molecule has 1 unspecified atom stereocenters.